The number of aliphatic hydroxyl groups excluding tert-OH is 1. The Morgan fingerprint density at radius 2 is 2.08 bits per heavy atom. The van der Waals surface area contributed by atoms with Crippen LogP contribution in [0.3, 0.4) is 0 Å². The predicted molar refractivity (Wildman–Crippen MR) is 41.6 cm³/mol. The molecule has 0 bridgehead atoms. The number of hydrogen-bond donors (Lipinski definition) is 2. The minimum absolute atomic E-state index is 0.0638. The number of carbonyl (C=O) groups is 1. The maximum atomic E-state index is 12.3. The molecule has 0 rings (SSSR count). The maximum Gasteiger partial charge on any atom is 0.375 e. The molecule has 0 heterocycles. The molecule has 2 N–H and O–H groups in total. The summed E-state index contributed by atoms with van der Waals surface area (Å²) in [6.45, 7) is -0.0638. The van der Waals surface area contributed by atoms with Gasteiger partial charge in [0.05, 0.1) is 5.75 Å². The van der Waals surface area contributed by atoms with Gasteiger partial charge in [0, 0.05) is 6.61 Å². The van der Waals surface area contributed by atoms with Gasteiger partial charge in [-0.2, -0.15) is 20.5 Å². The summed E-state index contributed by atoms with van der Waals surface area (Å²) < 4.78 is 24.6. The zero-order valence-corrected chi connectivity index (χ0v) is 7.11. The third kappa shape index (κ3) is 4.50. The lowest BCUT2D eigenvalue weighted by Crippen LogP contribution is -2.31. The minimum atomic E-state index is -3.65. The quantitative estimate of drug-likeness (QED) is 0.623. The summed E-state index contributed by atoms with van der Waals surface area (Å²) in [5.74, 6) is -6.14. The highest BCUT2D eigenvalue weighted by Gasteiger charge is 2.38. The Bertz CT molecular complexity index is 152. The highest BCUT2D eigenvalue weighted by atomic mass is 32.2. The van der Waals surface area contributed by atoms with Gasteiger partial charge in [-0.25, -0.2) is 4.79 Å². The number of carboxylic acids is 1. The van der Waals surface area contributed by atoms with Gasteiger partial charge in [0.25, 0.3) is 0 Å². The Hall–Kier alpha value is -0.360. The zero-order valence-electron chi connectivity index (χ0n) is 6.30. The van der Waals surface area contributed by atoms with Crippen molar-refractivity contribution in [2.24, 2.45) is 0 Å². The Morgan fingerprint density at radius 1 is 1.50 bits per heavy atom. The molecule has 72 valence electrons. The largest absolute Gasteiger partial charge is 0.477 e. The summed E-state index contributed by atoms with van der Waals surface area (Å²) >= 11 is 0.822. The first-order chi connectivity index (χ1) is 5.50. The Labute approximate surface area is 72.8 Å². The van der Waals surface area contributed by atoms with Crippen LogP contribution in [0.1, 0.15) is 6.42 Å². The smallest absolute Gasteiger partial charge is 0.375 e. The summed E-state index contributed by atoms with van der Waals surface area (Å²) in [5.41, 5.74) is 0. The fraction of sp³-hybridized carbons (Fsp3) is 0.833. The number of aliphatic carboxylic acids is 1. The van der Waals surface area contributed by atoms with E-state index >= 15 is 0 Å². The van der Waals surface area contributed by atoms with Gasteiger partial charge in [-0.15, -0.1) is 0 Å². The second kappa shape index (κ2) is 5.31. The minimum Gasteiger partial charge on any atom is -0.477 e. The predicted octanol–water partition coefficient (Wildman–Crippen LogP) is 0.822. The van der Waals surface area contributed by atoms with Gasteiger partial charge in [0.15, 0.2) is 0 Å². The average Bonchev–Trinajstić information content (AvgIpc) is 1.98. The second-order valence-corrected chi connectivity index (χ2v) is 3.24. The van der Waals surface area contributed by atoms with Crippen LogP contribution in [0.5, 0.6) is 0 Å². The van der Waals surface area contributed by atoms with Crippen LogP contribution in [0, 0.1) is 0 Å². The summed E-state index contributed by atoms with van der Waals surface area (Å²) in [6, 6.07) is 0. The molecule has 0 aromatic carbocycles. The van der Waals surface area contributed by atoms with Crippen molar-refractivity contribution >= 4 is 17.7 Å². The van der Waals surface area contributed by atoms with E-state index in [1.807, 2.05) is 0 Å². The first-order valence-electron chi connectivity index (χ1n) is 3.30. The molecule has 0 amide bonds. The number of aliphatic hydroxyl groups is 1. The molecule has 0 fully saturated rings. The van der Waals surface area contributed by atoms with E-state index in [1.54, 1.807) is 0 Å². The van der Waals surface area contributed by atoms with Crippen molar-refractivity contribution in [3.63, 3.8) is 0 Å². The van der Waals surface area contributed by atoms with Crippen LogP contribution in [0.2, 0.25) is 0 Å². The first kappa shape index (κ1) is 11.6. The van der Waals surface area contributed by atoms with Gasteiger partial charge in [-0.1, -0.05) is 0 Å². The molecule has 6 heteroatoms. The van der Waals surface area contributed by atoms with Gasteiger partial charge < -0.3 is 10.2 Å². The standard InChI is InChI=1S/C6H10F2O3S/c7-6(8,5(10)11)4-12-3-1-2-9/h9H,1-4H2,(H,10,11). The average molecular weight is 200 g/mol. The van der Waals surface area contributed by atoms with Crippen LogP contribution in [0.4, 0.5) is 8.78 Å². The normalized spacial score (nSPS) is 11.6. The van der Waals surface area contributed by atoms with Crippen molar-refractivity contribution in [3.05, 3.63) is 0 Å². The van der Waals surface area contributed by atoms with Crippen molar-refractivity contribution in [2.45, 2.75) is 12.3 Å². The molecule has 12 heavy (non-hydrogen) atoms. The fourth-order valence-electron chi connectivity index (χ4n) is 0.429. The number of thioether (sulfide) groups is 1. The molecular weight excluding hydrogens is 190 g/mol. The van der Waals surface area contributed by atoms with E-state index in [0.717, 1.165) is 11.8 Å². The van der Waals surface area contributed by atoms with Gasteiger partial charge in [0.1, 0.15) is 0 Å². The van der Waals surface area contributed by atoms with Gasteiger partial charge >= 0.3 is 11.9 Å². The Balaban J connectivity index is 3.54. The Kier molecular flexibility index (Phi) is 5.16. The lowest BCUT2D eigenvalue weighted by Gasteiger charge is -2.09. The molecule has 0 radical (unpaired) electrons. The van der Waals surface area contributed by atoms with Crippen molar-refractivity contribution in [1.82, 2.24) is 0 Å². The number of hydrogen-bond acceptors (Lipinski definition) is 3. The first-order valence-corrected chi connectivity index (χ1v) is 4.46. The molecule has 3 nitrogen and oxygen atoms in total. The lowest BCUT2D eigenvalue weighted by atomic mass is 10.4. The SMILES string of the molecule is O=C(O)C(F)(F)CSCCCO. The summed E-state index contributed by atoms with van der Waals surface area (Å²) in [4.78, 5) is 9.87. The maximum absolute atomic E-state index is 12.3. The molecule has 0 aliphatic carbocycles. The molecular formula is C6H10F2O3S. The van der Waals surface area contributed by atoms with Crippen molar-refractivity contribution in [2.75, 3.05) is 18.1 Å². The van der Waals surface area contributed by atoms with Crippen molar-refractivity contribution in [3.8, 4) is 0 Å². The summed E-state index contributed by atoms with van der Waals surface area (Å²) in [5, 5.41) is 16.3. The molecule has 0 aliphatic rings. The fourth-order valence-corrected chi connectivity index (χ4v) is 1.29. The second-order valence-electron chi connectivity index (χ2n) is 2.14. The van der Waals surface area contributed by atoms with E-state index in [0.29, 0.717) is 12.2 Å². The summed E-state index contributed by atoms with van der Waals surface area (Å²) in [6.07, 6.45) is 0.403. The van der Waals surface area contributed by atoms with E-state index in [9.17, 15) is 13.6 Å². The summed E-state index contributed by atoms with van der Waals surface area (Å²) in [7, 11) is 0. The van der Waals surface area contributed by atoms with Gasteiger partial charge in [0.2, 0.25) is 0 Å². The van der Waals surface area contributed by atoms with Crippen molar-refractivity contribution in [1.29, 1.82) is 0 Å². The van der Waals surface area contributed by atoms with E-state index < -0.39 is 17.6 Å². The zero-order chi connectivity index (χ0) is 9.61. The topological polar surface area (TPSA) is 57.5 Å². The van der Waals surface area contributed by atoms with E-state index in [-0.39, 0.29) is 6.61 Å². The Morgan fingerprint density at radius 3 is 2.50 bits per heavy atom. The number of halogens is 2. The molecule has 0 unspecified atom stereocenters. The number of alkyl halides is 2. The van der Waals surface area contributed by atoms with Crippen LogP contribution in [0.15, 0.2) is 0 Å². The number of rotatable bonds is 6. The molecule has 0 aromatic rings. The number of carboxylic acid groups (broad SMARTS) is 1. The van der Waals surface area contributed by atoms with Crippen LogP contribution in [-0.4, -0.2) is 40.2 Å². The highest BCUT2D eigenvalue weighted by Crippen LogP contribution is 2.20. The third-order valence-electron chi connectivity index (χ3n) is 1.04. The molecule has 0 saturated carbocycles. The monoisotopic (exact) mass is 200 g/mol. The molecule has 0 spiro atoms. The van der Waals surface area contributed by atoms with E-state index in [1.165, 1.54) is 0 Å². The molecule has 0 aromatic heterocycles. The molecule has 0 atom stereocenters. The lowest BCUT2D eigenvalue weighted by molar-refractivity contribution is -0.161. The van der Waals surface area contributed by atoms with Crippen LogP contribution < -0.4 is 0 Å². The van der Waals surface area contributed by atoms with Crippen LogP contribution in [0.25, 0.3) is 0 Å². The van der Waals surface area contributed by atoms with E-state index in [4.69, 9.17) is 10.2 Å². The van der Waals surface area contributed by atoms with Gasteiger partial charge in [-0.05, 0) is 12.2 Å². The molecule has 0 aliphatic heterocycles. The van der Waals surface area contributed by atoms with Crippen molar-refractivity contribution < 1.29 is 23.8 Å². The van der Waals surface area contributed by atoms with Crippen LogP contribution >= 0.6 is 11.8 Å². The van der Waals surface area contributed by atoms with Gasteiger partial charge in [-0.3, -0.25) is 0 Å². The van der Waals surface area contributed by atoms with E-state index in [2.05, 4.69) is 0 Å². The highest BCUT2D eigenvalue weighted by molar-refractivity contribution is 7.99. The third-order valence-corrected chi connectivity index (χ3v) is 2.19. The van der Waals surface area contributed by atoms with Crippen LogP contribution in [-0.2, 0) is 4.79 Å². The molecule has 0 saturated heterocycles.